The van der Waals surface area contributed by atoms with E-state index in [9.17, 15) is 28.0 Å². The first-order chi connectivity index (χ1) is 13.2. The highest BCUT2D eigenvalue weighted by Gasteiger charge is 2.55. The maximum atomic E-state index is 14.7. The maximum Gasteiger partial charge on any atom is 0.280 e. The van der Waals surface area contributed by atoms with E-state index in [0.717, 1.165) is 11.0 Å². The summed E-state index contributed by atoms with van der Waals surface area (Å²) < 4.78 is 35.3. The molecule has 2 fully saturated rings. The number of halogens is 2. The van der Waals surface area contributed by atoms with E-state index in [1.165, 1.54) is 6.07 Å². The van der Waals surface area contributed by atoms with Crippen LogP contribution in [0.1, 0.15) is 45.5 Å². The molecule has 0 aromatic heterocycles. The maximum absolute atomic E-state index is 14.7. The second kappa shape index (κ2) is 5.34. The van der Waals surface area contributed by atoms with Gasteiger partial charge in [-0.05, 0) is 18.6 Å². The number of benzene rings is 1. The monoisotopic (exact) mass is 391 g/mol. The molecule has 146 valence electrons. The molecule has 0 aliphatic carbocycles. The summed E-state index contributed by atoms with van der Waals surface area (Å²) in [7, 11) is 0. The molecule has 2 saturated heterocycles. The molecule has 4 heterocycles. The summed E-state index contributed by atoms with van der Waals surface area (Å²) in [5, 5.41) is 5.00. The van der Waals surface area contributed by atoms with Crippen LogP contribution in [0.2, 0.25) is 0 Å². The van der Waals surface area contributed by atoms with E-state index in [-0.39, 0.29) is 42.8 Å². The lowest BCUT2D eigenvalue weighted by Gasteiger charge is -2.48. The zero-order valence-corrected chi connectivity index (χ0v) is 14.5. The van der Waals surface area contributed by atoms with Crippen molar-refractivity contribution in [1.29, 1.82) is 0 Å². The average molecular weight is 391 g/mol. The molecule has 1 atom stereocenters. The van der Waals surface area contributed by atoms with Crippen LogP contribution < -0.4 is 15.4 Å². The van der Waals surface area contributed by atoms with Gasteiger partial charge in [0.1, 0.15) is 17.4 Å². The van der Waals surface area contributed by atoms with Crippen LogP contribution in [-0.4, -0.2) is 53.3 Å². The minimum Gasteiger partial charge on any atom is -0.484 e. The van der Waals surface area contributed by atoms with Gasteiger partial charge in [-0.2, -0.15) is 0 Å². The molecule has 10 heteroatoms. The fourth-order valence-corrected chi connectivity index (χ4v) is 4.24. The number of carbonyl (C=O) groups is 4. The first-order valence-corrected chi connectivity index (χ1v) is 8.88. The van der Waals surface area contributed by atoms with Crippen LogP contribution in [0.4, 0.5) is 8.78 Å². The lowest BCUT2D eigenvalue weighted by molar-refractivity contribution is -0.136. The number of hydrogen-bond donors (Lipinski definition) is 2. The van der Waals surface area contributed by atoms with Crippen molar-refractivity contribution in [3.63, 3.8) is 0 Å². The van der Waals surface area contributed by atoms with E-state index in [1.54, 1.807) is 0 Å². The molecule has 0 saturated carbocycles. The van der Waals surface area contributed by atoms with Gasteiger partial charge in [0.05, 0.1) is 23.1 Å². The molecule has 1 aromatic carbocycles. The van der Waals surface area contributed by atoms with Gasteiger partial charge in [0, 0.05) is 19.5 Å². The SMILES string of the molecule is O=C1CCC(N2C(=O)c3cc4c(cc3C2=O)C(F)(F)CC2(CNC2)O4)C(=O)N1. The van der Waals surface area contributed by atoms with Gasteiger partial charge >= 0.3 is 0 Å². The van der Waals surface area contributed by atoms with E-state index in [2.05, 4.69) is 10.6 Å². The van der Waals surface area contributed by atoms with Gasteiger partial charge in [-0.15, -0.1) is 0 Å². The van der Waals surface area contributed by atoms with Gasteiger partial charge in [0.25, 0.3) is 17.7 Å². The highest BCUT2D eigenvalue weighted by molar-refractivity contribution is 6.23. The normalized spacial score (nSPS) is 27.1. The van der Waals surface area contributed by atoms with Crippen LogP contribution in [0.25, 0.3) is 0 Å². The van der Waals surface area contributed by atoms with E-state index in [0.29, 0.717) is 0 Å². The van der Waals surface area contributed by atoms with Crippen molar-refractivity contribution in [2.45, 2.75) is 36.8 Å². The summed E-state index contributed by atoms with van der Waals surface area (Å²) in [4.78, 5) is 49.8. The standard InChI is InChI=1S/C18H15F2N3O5/c19-18(20)5-17(6-21-7-17)28-12-4-9-8(3-10(12)18)15(26)23(16(9)27)11-1-2-13(24)22-14(11)25/h3-4,11,21H,1-2,5-7H2,(H,22,24,25). The number of piperidine rings is 1. The predicted molar refractivity (Wildman–Crippen MR) is 87.9 cm³/mol. The average Bonchev–Trinajstić information content (AvgIpc) is 2.83. The molecule has 4 aliphatic heterocycles. The Balaban J connectivity index is 1.55. The molecule has 8 nitrogen and oxygen atoms in total. The summed E-state index contributed by atoms with van der Waals surface area (Å²) >= 11 is 0. The molecule has 5 rings (SSSR count). The van der Waals surface area contributed by atoms with Crippen LogP contribution in [0.15, 0.2) is 12.1 Å². The predicted octanol–water partition coefficient (Wildman–Crippen LogP) is 0.304. The van der Waals surface area contributed by atoms with E-state index < -0.39 is 53.2 Å². The fraction of sp³-hybridized carbons (Fsp3) is 0.444. The third-order valence-corrected chi connectivity index (χ3v) is 5.70. The molecular formula is C18H15F2N3O5. The number of amides is 4. The van der Waals surface area contributed by atoms with Crippen molar-refractivity contribution < 1.29 is 32.7 Å². The van der Waals surface area contributed by atoms with Crippen molar-refractivity contribution >= 4 is 23.6 Å². The molecular weight excluding hydrogens is 376 g/mol. The highest BCUT2D eigenvalue weighted by atomic mass is 19.3. The smallest absolute Gasteiger partial charge is 0.280 e. The van der Waals surface area contributed by atoms with E-state index in [1.807, 2.05) is 0 Å². The minimum absolute atomic E-state index is 0.00269. The van der Waals surface area contributed by atoms with Crippen molar-refractivity contribution in [2.75, 3.05) is 13.1 Å². The molecule has 0 radical (unpaired) electrons. The van der Waals surface area contributed by atoms with Crippen molar-refractivity contribution in [2.24, 2.45) is 0 Å². The Morgan fingerprint density at radius 1 is 1.07 bits per heavy atom. The van der Waals surface area contributed by atoms with Crippen LogP contribution in [-0.2, 0) is 15.5 Å². The zero-order valence-electron chi connectivity index (χ0n) is 14.5. The lowest BCUT2D eigenvalue weighted by Crippen LogP contribution is -2.66. The summed E-state index contributed by atoms with van der Waals surface area (Å²) in [5.74, 6) is -6.15. The number of imide groups is 2. The highest BCUT2D eigenvalue weighted by Crippen LogP contribution is 2.50. The molecule has 1 unspecified atom stereocenters. The molecule has 1 spiro atoms. The number of fused-ring (bicyclic) bond motifs is 2. The topological polar surface area (TPSA) is 105 Å². The summed E-state index contributed by atoms with van der Waals surface area (Å²) in [6.45, 7) is 0.544. The molecule has 4 amide bonds. The Morgan fingerprint density at radius 2 is 1.75 bits per heavy atom. The fourth-order valence-electron chi connectivity index (χ4n) is 4.24. The first-order valence-electron chi connectivity index (χ1n) is 8.88. The number of rotatable bonds is 1. The van der Waals surface area contributed by atoms with Gasteiger partial charge in [-0.1, -0.05) is 0 Å². The number of carbonyl (C=O) groups excluding carboxylic acids is 4. The molecule has 4 aliphatic rings. The van der Waals surface area contributed by atoms with Crippen LogP contribution in [0.5, 0.6) is 5.75 Å². The number of hydrogen-bond acceptors (Lipinski definition) is 6. The minimum atomic E-state index is -3.21. The summed E-state index contributed by atoms with van der Waals surface area (Å²) in [6, 6.07) is 1.02. The third-order valence-electron chi connectivity index (χ3n) is 5.70. The number of ether oxygens (including phenoxy) is 1. The Labute approximate surface area is 157 Å². The van der Waals surface area contributed by atoms with E-state index >= 15 is 0 Å². The van der Waals surface area contributed by atoms with Crippen LogP contribution in [0, 0.1) is 0 Å². The third kappa shape index (κ3) is 2.24. The summed E-state index contributed by atoms with van der Waals surface area (Å²) in [6.07, 6.45) is -0.536. The lowest BCUT2D eigenvalue weighted by atomic mass is 9.83. The Hall–Kier alpha value is -2.88. The number of alkyl halides is 2. The molecule has 28 heavy (non-hydrogen) atoms. The molecule has 0 bridgehead atoms. The quantitative estimate of drug-likeness (QED) is 0.668. The Bertz CT molecular complexity index is 972. The van der Waals surface area contributed by atoms with Gasteiger partial charge in [0.15, 0.2) is 0 Å². The molecule has 2 N–H and O–H groups in total. The zero-order chi connectivity index (χ0) is 19.8. The van der Waals surface area contributed by atoms with Crippen molar-refractivity contribution in [3.8, 4) is 5.75 Å². The van der Waals surface area contributed by atoms with Gasteiger partial charge in [0.2, 0.25) is 11.8 Å². The van der Waals surface area contributed by atoms with Crippen LogP contribution >= 0.6 is 0 Å². The Morgan fingerprint density at radius 3 is 2.36 bits per heavy atom. The van der Waals surface area contributed by atoms with Crippen LogP contribution in [0.3, 0.4) is 0 Å². The first kappa shape index (κ1) is 17.2. The second-order valence-electron chi connectivity index (χ2n) is 7.61. The Kier molecular flexibility index (Phi) is 3.29. The number of nitrogens with zero attached hydrogens (tertiary/aromatic N) is 1. The van der Waals surface area contributed by atoms with Gasteiger partial charge < -0.3 is 10.1 Å². The van der Waals surface area contributed by atoms with Crippen molar-refractivity contribution in [1.82, 2.24) is 15.5 Å². The van der Waals surface area contributed by atoms with E-state index in [4.69, 9.17) is 4.74 Å². The second-order valence-corrected chi connectivity index (χ2v) is 7.61. The van der Waals surface area contributed by atoms with Gasteiger partial charge in [-0.3, -0.25) is 29.4 Å². The van der Waals surface area contributed by atoms with Gasteiger partial charge in [-0.25, -0.2) is 8.78 Å². The van der Waals surface area contributed by atoms with Crippen molar-refractivity contribution in [3.05, 3.63) is 28.8 Å². The summed E-state index contributed by atoms with van der Waals surface area (Å²) in [5.41, 5.74) is -1.72. The molecule has 1 aromatic rings. The number of nitrogens with one attached hydrogen (secondary N) is 2. The largest absolute Gasteiger partial charge is 0.484 e.